The van der Waals surface area contributed by atoms with Crippen molar-refractivity contribution in [1.29, 1.82) is 0 Å². The number of benzene rings is 2. The zero-order valence-electron chi connectivity index (χ0n) is 14.4. The quantitative estimate of drug-likeness (QED) is 0.551. The van der Waals surface area contributed by atoms with Gasteiger partial charge in [-0.15, -0.1) is 0 Å². The minimum atomic E-state index is -0.991. The number of carboxylic acid groups (broad SMARTS) is 1. The topological polar surface area (TPSA) is 65.0 Å². The van der Waals surface area contributed by atoms with Crippen LogP contribution in [-0.2, 0) is 4.74 Å². The van der Waals surface area contributed by atoms with Gasteiger partial charge in [0.2, 0.25) is 0 Å². The Morgan fingerprint density at radius 3 is 2.60 bits per heavy atom. The zero-order chi connectivity index (χ0) is 18.1. The van der Waals surface area contributed by atoms with Crippen LogP contribution in [-0.4, -0.2) is 38.5 Å². The van der Waals surface area contributed by atoms with Gasteiger partial charge >= 0.3 is 5.97 Å². The summed E-state index contributed by atoms with van der Waals surface area (Å²) in [6.07, 6.45) is 4.46. The molecule has 0 aliphatic carbocycles. The van der Waals surface area contributed by atoms with Crippen LogP contribution < -0.4 is 9.47 Å². The standard InChI is InChI=1S/C20H22O5/c1-23-10-5-11-25-18-13-15(12-17(14-18)20(21)22)8-9-16-6-3-4-7-19(16)24-2/h3-4,6-9,12-14H,5,10-11H2,1-2H3,(H,21,22)/b9-8+. The molecule has 0 aliphatic rings. The lowest BCUT2D eigenvalue weighted by atomic mass is 10.1. The van der Waals surface area contributed by atoms with Crippen LogP contribution in [0.15, 0.2) is 42.5 Å². The molecule has 0 heterocycles. The molecule has 2 rings (SSSR count). The molecule has 5 nitrogen and oxygen atoms in total. The molecule has 0 saturated heterocycles. The molecule has 25 heavy (non-hydrogen) atoms. The summed E-state index contributed by atoms with van der Waals surface area (Å²) in [5.41, 5.74) is 1.84. The van der Waals surface area contributed by atoms with E-state index in [-0.39, 0.29) is 5.56 Å². The molecule has 0 fully saturated rings. The van der Waals surface area contributed by atoms with Crippen molar-refractivity contribution in [3.05, 3.63) is 59.2 Å². The van der Waals surface area contributed by atoms with E-state index in [0.29, 0.717) is 19.0 Å². The zero-order valence-corrected chi connectivity index (χ0v) is 14.4. The number of para-hydroxylation sites is 1. The number of rotatable bonds is 9. The van der Waals surface area contributed by atoms with Crippen molar-refractivity contribution in [2.24, 2.45) is 0 Å². The van der Waals surface area contributed by atoms with Gasteiger partial charge in [0.25, 0.3) is 0 Å². The Labute approximate surface area is 147 Å². The van der Waals surface area contributed by atoms with E-state index in [1.165, 1.54) is 6.07 Å². The van der Waals surface area contributed by atoms with Gasteiger partial charge in [-0.1, -0.05) is 30.4 Å². The molecular weight excluding hydrogens is 320 g/mol. The molecule has 132 valence electrons. The Hall–Kier alpha value is -2.79. The number of hydrogen-bond donors (Lipinski definition) is 1. The van der Waals surface area contributed by atoms with Crippen LogP contribution in [0.25, 0.3) is 12.2 Å². The Kier molecular flexibility index (Phi) is 7.04. The molecule has 0 amide bonds. The van der Waals surface area contributed by atoms with E-state index in [2.05, 4.69) is 0 Å². The Morgan fingerprint density at radius 2 is 1.88 bits per heavy atom. The van der Waals surface area contributed by atoms with E-state index in [9.17, 15) is 9.90 Å². The number of methoxy groups -OCH3 is 2. The Morgan fingerprint density at radius 1 is 1.08 bits per heavy atom. The lowest BCUT2D eigenvalue weighted by Gasteiger charge is -2.08. The lowest BCUT2D eigenvalue weighted by molar-refractivity contribution is 0.0696. The number of hydrogen-bond acceptors (Lipinski definition) is 4. The second-order valence-electron chi connectivity index (χ2n) is 5.37. The van der Waals surface area contributed by atoms with Crippen molar-refractivity contribution >= 4 is 18.1 Å². The van der Waals surface area contributed by atoms with E-state index in [1.54, 1.807) is 20.3 Å². The first-order valence-corrected chi connectivity index (χ1v) is 7.95. The summed E-state index contributed by atoms with van der Waals surface area (Å²) in [5.74, 6) is 0.286. The minimum absolute atomic E-state index is 0.184. The summed E-state index contributed by atoms with van der Waals surface area (Å²) in [5, 5.41) is 9.29. The fourth-order valence-electron chi connectivity index (χ4n) is 2.31. The summed E-state index contributed by atoms with van der Waals surface area (Å²) >= 11 is 0. The summed E-state index contributed by atoms with van der Waals surface area (Å²) in [6.45, 7) is 1.06. The van der Waals surface area contributed by atoms with Gasteiger partial charge in [-0.05, 0) is 29.8 Å². The molecule has 0 spiro atoms. The lowest BCUT2D eigenvalue weighted by Crippen LogP contribution is -2.03. The highest BCUT2D eigenvalue weighted by Crippen LogP contribution is 2.23. The van der Waals surface area contributed by atoms with Gasteiger partial charge in [-0.25, -0.2) is 4.79 Å². The Bertz CT molecular complexity index is 737. The van der Waals surface area contributed by atoms with Crippen LogP contribution in [0.4, 0.5) is 0 Å². The summed E-state index contributed by atoms with van der Waals surface area (Å²) in [6, 6.07) is 12.6. The Balaban J connectivity index is 2.22. The van der Waals surface area contributed by atoms with E-state index < -0.39 is 5.97 Å². The average Bonchev–Trinajstić information content (AvgIpc) is 2.63. The number of carboxylic acids is 1. The normalized spacial score (nSPS) is 10.8. The summed E-state index contributed by atoms with van der Waals surface area (Å²) in [7, 11) is 3.25. The van der Waals surface area contributed by atoms with Gasteiger partial charge < -0.3 is 19.3 Å². The predicted octanol–water partition coefficient (Wildman–Crippen LogP) is 3.98. The van der Waals surface area contributed by atoms with Crippen LogP contribution in [0.2, 0.25) is 0 Å². The molecule has 0 aliphatic heterocycles. The summed E-state index contributed by atoms with van der Waals surface area (Å²) in [4.78, 5) is 11.3. The molecule has 0 unspecified atom stereocenters. The molecule has 0 bridgehead atoms. The fourth-order valence-corrected chi connectivity index (χ4v) is 2.31. The number of carbonyl (C=O) groups is 1. The smallest absolute Gasteiger partial charge is 0.335 e. The van der Waals surface area contributed by atoms with Crippen LogP contribution in [0.1, 0.15) is 27.9 Å². The molecule has 0 aromatic heterocycles. The van der Waals surface area contributed by atoms with Gasteiger partial charge in [-0.3, -0.25) is 0 Å². The van der Waals surface area contributed by atoms with Crippen molar-refractivity contribution in [3.63, 3.8) is 0 Å². The highest BCUT2D eigenvalue weighted by Gasteiger charge is 2.07. The highest BCUT2D eigenvalue weighted by atomic mass is 16.5. The van der Waals surface area contributed by atoms with Crippen LogP contribution in [0.5, 0.6) is 11.5 Å². The maximum atomic E-state index is 11.3. The molecule has 2 aromatic carbocycles. The van der Waals surface area contributed by atoms with Crippen molar-refractivity contribution in [1.82, 2.24) is 0 Å². The van der Waals surface area contributed by atoms with Crippen molar-refractivity contribution in [3.8, 4) is 11.5 Å². The third kappa shape index (κ3) is 5.65. The van der Waals surface area contributed by atoms with Gasteiger partial charge in [0.1, 0.15) is 11.5 Å². The third-order valence-electron chi connectivity index (χ3n) is 3.53. The van der Waals surface area contributed by atoms with E-state index in [1.807, 2.05) is 42.5 Å². The number of aromatic carboxylic acids is 1. The highest BCUT2D eigenvalue weighted by molar-refractivity contribution is 5.89. The molecule has 5 heteroatoms. The second kappa shape index (κ2) is 9.49. The molecule has 0 atom stereocenters. The largest absolute Gasteiger partial charge is 0.496 e. The predicted molar refractivity (Wildman–Crippen MR) is 97.3 cm³/mol. The SMILES string of the molecule is COCCCOc1cc(/C=C/c2ccccc2OC)cc(C(=O)O)c1. The van der Waals surface area contributed by atoms with Crippen LogP contribution >= 0.6 is 0 Å². The molecular formula is C20H22O5. The van der Waals surface area contributed by atoms with Gasteiger partial charge in [0, 0.05) is 25.7 Å². The van der Waals surface area contributed by atoms with Gasteiger partial charge in [0.05, 0.1) is 19.3 Å². The molecule has 0 radical (unpaired) electrons. The van der Waals surface area contributed by atoms with Crippen molar-refractivity contribution in [2.75, 3.05) is 27.4 Å². The van der Waals surface area contributed by atoms with E-state index in [4.69, 9.17) is 14.2 Å². The molecule has 2 aromatic rings. The second-order valence-corrected chi connectivity index (χ2v) is 5.37. The molecule has 0 saturated carbocycles. The monoisotopic (exact) mass is 342 g/mol. The van der Waals surface area contributed by atoms with Crippen molar-refractivity contribution < 1.29 is 24.1 Å². The third-order valence-corrected chi connectivity index (χ3v) is 3.53. The average molecular weight is 342 g/mol. The van der Waals surface area contributed by atoms with Gasteiger partial charge in [0.15, 0.2) is 0 Å². The van der Waals surface area contributed by atoms with Crippen LogP contribution in [0, 0.1) is 0 Å². The number of ether oxygens (including phenoxy) is 3. The molecule has 1 N–H and O–H groups in total. The first kappa shape index (κ1) is 18.5. The fraction of sp³-hybridized carbons (Fsp3) is 0.250. The van der Waals surface area contributed by atoms with E-state index >= 15 is 0 Å². The maximum Gasteiger partial charge on any atom is 0.335 e. The summed E-state index contributed by atoms with van der Waals surface area (Å²) < 4.78 is 15.9. The maximum absolute atomic E-state index is 11.3. The first-order chi connectivity index (χ1) is 12.1. The first-order valence-electron chi connectivity index (χ1n) is 7.95. The minimum Gasteiger partial charge on any atom is -0.496 e. The van der Waals surface area contributed by atoms with Gasteiger partial charge in [-0.2, -0.15) is 0 Å². The van der Waals surface area contributed by atoms with Crippen LogP contribution in [0.3, 0.4) is 0 Å². The van der Waals surface area contributed by atoms with Crippen molar-refractivity contribution in [2.45, 2.75) is 6.42 Å². The van der Waals surface area contributed by atoms with E-state index in [0.717, 1.165) is 23.3 Å².